The van der Waals surface area contributed by atoms with E-state index in [0.717, 1.165) is 11.3 Å². The van der Waals surface area contributed by atoms with Gasteiger partial charge in [0.15, 0.2) is 5.11 Å². The average molecular weight is 344 g/mol. The second kappa shape index (κ2) is 7.42. The molecule has 0 bridgehead atoms. The molecule has 1 aromatic heterocycles. The summed E-state index contributed by atoms with van der Waals surface area (Å²) in [5.74, 6) is 0. The SMILES string of the molecule is Cc1cccc(NC(=S)Nc2cnn(COCC(F)(F)F)c2)c1. The highest BCUT2D eigenvalue weighted by atomic mass is 32.1. The molecule has 0 unspecified atom stereocenters. The van der Waals surface area contributed by atoms with Crippen molar-refractivity contribution in [3.05, 3.63) is 42.2 Å². The Kier molecular flexibility index (Phi) is 5.56. The van der Waals surface area contributed by atoms with Crippen LogP contribution >= 0.6 is 12.2 Å². The molecule has 0 saturated heterocycles. The summed E-state index contributed by atoms with van der Waals surface area (Å²) >= 11 is 5.17. The monoisotopic (exact) mass is 344 g/mol. The van der Waals surface area contributed by atoms with Crippen LogP contribution in [0.3, 0.4) is 0 Å². The normalized spacial score (nSPS) is 11.3. The molecule has 0 amide bonds. The van der Waals surface area contributed by atoms with E-state index in [-0.39, 0.29) is 6.73 Å². The number of aromatic nitrogens is 2. The van der Waals surface area contributed by atoms with Crippen LogP contribution in [-0.2, 0) is 11.5 Å². The predicted molar refractivity (Wildman–Crippen MR) is 85.3 cm³/mol. The maximum absolute atomic E-state index is 12.0. The van der Waals surface area contributed by atoms with Crippen LogP contribution in [0, 0.1) is 6.92 Å². The number of hydrogen-bond acceptors (Lipinski definition) is 3. The summed E-state index contributed by atoms with van der Waals surface area (Å²) in [5, 5.41) is 10.1. The summed E-state index contributed by atoms with van der Waals surface area (Å²) in [4.78, 5) is 0. The number of benzene rings is 1. The van der Waals surface area contributed by atoms with Gasteiger partial charge in [-0.15, -0.1) is 0 Å². The van der Waals surface area contributed by atoms with Gasteiger partial charge in [0.2, 0.25) is 0 Å². The number of aryl methyl sites for hydroxylation is 1. The second-order valence-electron chi connectivity index (χ2n) is 4.81. The molecule has 5 nitrogen and oxygen atoms in total. The second-order valence-corrected chi connectivity index (χ2v) is 5.22. The molecule has 0 aliphatic rings. The zero-order valence-electron chi connectivity index (χ0n) is 12.2. The van der Waals surface area contributed by atoms with Crippen LogP contribution in [0.2, 0.25) is 0 Å². The number of alkyl halides is 3. The van der Waals surface area contributed by atoms with Crippen molar-refractivity contribution < 1.29 is 17.9 Å². The molecule has 0 aliphatic heterocycles. The van der Waals surface area contributed by atoms with Gasteiger partial charge in [0, 0.05) is 5.69 Å². The maximum atomic E-state index is 12.0. The molecular formula is C14H15F3N4OS. The first-order chi connectivity index (χ1) is 10.8. The fraction of sp³-hybridized carbons (Fsp3) is 0.286. The van der Waals surface area contributed by atoms with Crippen LogP contribution in [0.25, 0.3) is 0 Å². The number of nitrogens with one attached hydrogen (secondary N) is 2. The van der Waals surface area contributed by atoms with Crippen molar-refractivity contribution >= 4 is 28.7 Å². The summed E-state index contributed by atoms with van der Waals surface area (Å²) in [6, 6.07) is 7.67. The van der Waals surface area contributed by atoms with Crippen molar-refractivity contribution in [3.8, 4) is 0 Å². The molecule has 0 aliphatic carbocycles. The minimum Gasteiger partial charge on any atom is -0.350 e. The number of thiocarbonyl (C=S) groups is 1. The number of hydrogen-bond donors (Lipinski definition) is 2. The van der Waals surface area contributed by atoms with E-state index in [1.807, 2.05) is 31.2 Å². The van der Waals surface area contributed by atoms with E-state index in [0.29, 0.717) is 10.8 Å². The lowest BCUT2D eigenvalue weighted by Gasteiger charge is -2.09. The Morgan fingerprint density at radius 3 is 2.74 bits per heavy atom. The van der Waals surface area contributed by atoms with E-state index < -0.39 is 12.8 Å². The quantitative estimate of drug-likeness (QED) is 0.813. The number of ether oxygens (including phenoxy) is 1. The number of rotatable bonds is 5. The van der Waals surface area contributed by atoms with Crippen LogP contribution < -0.4 is 10.6 Å². The maximum Gasteiger partial charge on any atom is 0.411 e. The van der Waals surface area contributed by atoms with Crippen LogP contribution in [0.5, 0.6) is 0 Å². The van der Waals surface area contributed by atoms with Crippen LogP contribution in [0.15, 0.2) is 36.7 Å². The first kappa shape index (κ1) is 17.2. The summed E-state index contributed by atoms with van der Waals surface area (Å²) in [6.07, 6.45) is -1.41. The lowest BCUT2D eigenvalue weighted by molar-refractivity contribution is -0.182. The zero-order valence-corrected chi connectivity index (χ0v) is 13.0. The standard InChI is InChI=1S/C14H15F3N4OS/c1-10-3-2-4-11(5-10)19-13(23)20-12-6-18-21(7-12)9-22-8-14(15,16)17/h2-7H,8-9H2,1H3,(H2,19,20,23). The molecule has 9 heteroatoms. The molecule has 0 saturated carbocycles. The van der Waals surface area contributed by atoms with Gasteiger partial charge in [-0.25, -0.2) is 4.68 Å². The van der Waals surface area contributed by atoms with Crippen LogP contribution in [0.1, 0.15) is 5.56 Å². The third-order valence-corrected chi connectivity index (χ3v) is 2.86. The van der Waals surface area contributed by atoms with Crippen molar-refractivity contribution in [2.75, 3.05) is 17.2 Å². The smallest absolute Gasteiger partial charge is 0.350 e. The van der Waals surface area contributed by atoms with E-state index in [1.165, 1.54) is 17.1 Å². The fourth-order valence-electron chi connectivity index (χ4n) is 1.77. The highest BCUT2D eigenvalue weighted by Crippen LogP contribution is 2.15. The van der Waals surface area contributed by atoms with Crippen LogP contribution in [-0.4, -0.2) is 27.7 Å². The minimum absolute atomic E-state index is 0.292. The fourth-order valence-corrected chi connectivity index (χ4v) is 2.01. The molecule has 124 valence electrons. The molecule has 0 radical (unpaired) electrons. The molecule has 1 heterocycles. The van der Waals surface area contributed by atoms with Crippen molar-refractivity contribution in [2.24, 2.45) is 0 Å². The summed E-state index contributed by atoms with van der Waals surface area (Å²) in [7, 11) is 0. The van der Waals surface area contributed by atoms with E-state index in [4.69, 9.17) is 12.2 Å². The molecule has 0 atom stereocenters. The third kappa shape index (κ3) is 6.25. The summed E-state index contributed by atoms with van der Waals surface area (Å²) in [5.41, 5.74) is 2.47. The van der Waals surface area contributed by atoms with Crippen molar-refractivity contribution in [1.82, 2.24) is 9.78 Å². The van der Waals surface area contributed by atoms with Gasteiger partial charge in [-0.3, -0.25) is 0 Å². The number of anilines is 2. The van der Waals surface area contributed by atoms with Crippen LogP contribution in [0.4, 0.5) is 24.5 Å². The number of halogens is 3. The van der Waals surface area contributed by atoms with Gasteiger partial charge in [-0.1, -0.05) is 12.1 Å². The molecule has 2 rings (SSSR count). The molecule has 2 N–H and O–H groups in total. The minimum atomic E-state index is -4.35. The zero-order chi connectivity index (χ0) is 16.9. The molecule has 1 aromatic carbocycles. The van der Waals surface area contributed by atoms with Crippen molar-refractivity contribution in [1.29, 1.82) is 0 Å². The van der Waals surface area contributed by atoms with E-state index in [1.54, 1.807) is 0 Å². The average Bonchev–Trinajstić information content (AvgIpc) is 2.84. The van der Waals surface area contributed by atoms with E-state index >= 15 is 0 Å². The lowest BCUT2D eigenvalue weighted by atomic mass is 10.2. The molecule has 0 spiro atoms. The summed E-state index contributed by atoms with van der Waals surface area (Å²) < 4.78 is 41.7. The predicted octanol–water partition coefficient (Wildman–Crippen LogP) is 3.54. The Morgan fingerprint density at radius 1 is 1.30 bits per heavy atom. The van der Waals surface area contributed by atoms with Gasteiger partial charge < -0.3 is 15.4 Å². The Hall–Kier alpha value is -2.13. The molecule has 23 heavy (non-hydrogen) atoms. The summed E-state index contributed by atoms with van der Waals surface area (Å²) in [6.45, 7) is 0.356. The largest absolute Gasteiger partial charge is 0.411 e. The molecule has 2 aromatic rings. The molecule has 0 fully saturated rings. The Labute approximate surface area is 136 Å². The van der Waals surface area contributed by atoms with Crippen molar-refractivity contribution in [2.45, 2.75) is 19.8 Å². The van der Waals surface area contributed by atoms with Gasteiger partial charge in [-0.2, -0.15) is 18.3 Å². The molecular weight excluding hydrogens is 329 g/mol. The Bertz CT molecular complexity index is 672. The lowest BCUT2D eigenvalue weighted by Crippen LogP contribution is -2.19. The van der Waals surface area contributed by atoms with Gasteiger partial charge >= 0.3 is 6.18 Å². The van der Waals surface area contributed by atoms with Crippen molar-refractivity contribution in [3.63, 3.8) is 0 Å². The third-order valence-electron chi connectivity index (χ3n) is 2.66. The highest BCUT2D eigenvalue weighted by molar-refractivity contribution is 7.80. The van der Waals surface area contributed by atoms with Gasteiger partial charge in [0.1, 0.15) is 13.3 Å². The first-order valence-electron chi connectivity index (χ1n) is 6.63. The van der Waals surface area contributed by atoms with E-state index in [9.17, 15) is 13.2 Å². The Balaban J connectivity index is 1.82. The van der Waals surface area contributed by atoms with Gasteiger partial charge in [0.05, 0.1) is 18.1 Å². The van der Waals surface area contributed by atoms with Gasteiger partial charge in [0.25, 0.3) is 0 Å². The topological polar surface area (TPSA) is 51.1 Å². The van der Waals surface area contributed by atoms with Gasteiger partial charge in [-0.05, 0) is 36.8 Å². The highest BCUT2D eigenvalue weighted by Gasteiger charge is 2.27. The Morgan fingerprint density at radius 2 is 2.04 bits per heavy atom. The first-order valence-corrected chi connectivity index (χ1v) is 7.04. The number of nitrogens with zero attached hydrogens (tertiary/aromatic N) is 2. The van der Waals surface area contributed by atoms with E-state index in [2.05, 4.69) is 20.5 Å².